The van der Waals surface area contributed by atoms with E-state index in [4.69, 9.17) is 9.15 Å². The van der Waals surface area contributed by atoms with Crippen LogP contribution in [0.3, 0.4) is 0 Å². The minimum atomic E-state index is 0.580. The second-order valence-corrected chi connectivity index (χ2v) is 5.78. The second-order valence-electron chi connectivity index (χ2n) is 5.78. The van der Waals surface area contributed by atoms with Crippen molar-refractivity contribution < 1.29 is 9.15 Å². The zero-order chi connectivity index (χ0) is 14.6. The van der Waals surface area contributed by atoms with Gasteiger partial charge in [-0.25, -0.2) is 0 Å². The van der Waals surface area contributed by atoms with E-state index in [-0.39, 0.29) is 0 Å². The molecule has 0 aliphatic heterocycles. The maximum atomic E-state index is 5.94. The molecule has 0 saturated carbocycles. The third kappa shape index (κ3) is 6.60. The molecule has 1 aromatic heterocycles. The largest absolute Gasteiger partial charge is 0.463 e. The van der Waals surface area contributed by atoms with Crippen LogP contribution in [-0.4, -0.2) is 7.11 Å². The number of hydrogen-bond donors (Lipinski definition) is 0. The first-order valence-corrected chi connectivity index (χ1v) is 8.39. The van der Waals surface area contributed by atoms with Gasteiger partial charge in [0.15, 0.2) is 0 Å². The molecule has 116 valence electrons. The number of rotatable bonds is 12. The van der Waals surface area contributed by atoms with E-state index < -0.39 is 0 Å². The highest BCUT2D eigenvalue weighted by Crippen LogP contribution is 2.29. The molecule has 0 bridgehead atoms. The number of hydrogen-bond acceptors (Lipinski definition) is 2. The first-order valence-electron chi connectivity index (χ1n) is 8.39. The van der Waals surface area contributed by atoms with Gasteiger partial charge in [0, 0.05) is 13.0 Å². The summed E-state index contributed by atoms with van der Waals surface area (Å²) in [5.74, 6) is 2.72. The molecule has 0 spiro atoms. The smallest absolute Gasteiger partial charge is 0.129 e. The van der Waals surface area contributed by atoms with E-state index >= 15 is 0 Å². The van der Waals surface area contributed by atoms with Crippen LogP contribution in [-0.2, 0) is 11.3 Å². The fraction of sp³-hybridized carbons (Fsp3) is 0.778. The van der Waals surface area contributed by atoms with Crippen LogP contribution in [0.2, 0.25) is 0 Å². The summed E-state index contributed by atoms with van der Waals surface area (Å²) >= 11 is 0. The van der Waals surface area contributed by atoms with Crippen molar-refractivity contribution in [2.45, 2.75) is 84.2 Å². The lowest BCUT2D eigenvalue weighted by Crippen LogP contribution is -1.98. The highest BCUT2D eigenvalue weighted by molar-refractivity contribution is 5.11. The van der Waals surface area contributed by atoms with Gasteiger partial charge in [-0.1, -0.05) is 58.8 Å². The van der Waals surface area contributed by atoms with Crippen LogP contribution in [0.1, 0.15) is 89.1 Å². The van der Waals surface area contributed by atoms with Gasteiger partial charge in [-0.3, -0.25) is 0 Å². The Morgan fingerprint density at radius 1 is 0.950 bits per heavy atom. The second kappa shape index (κ2) is 11.0. The zero-order valence-corrected chi connectivity index (χ0v) is 13.6. The minimum absolute atomic E-state index is 0.580. The van der Waals surface area contributed by atoms with Crippen LogP contribution >= 0.6 is 0 Å². The summed E-state index contributed by atoms with van der Waals surface area (Å²) < 4.78 is 11.1. The monoisotopic (exact) mass is 280 g/mol. The molecule has 0 saturated heterocycles. The number of methoxy groups -OCH3 is 1. The molecule has 2 heteroatoms. The Morgan fingerprint density at radius 3 is 2.35 bits per heavy atom. The van der Waals surface area contributed by atoms with E-state index in [0.717, 1.165) is 5.76 Å². The highest BCUT2D eigenvalue weighted by Gasteiger charge is 2.15. The third-order valence-electron chi connectivity index (χ3n) is 3.93. The lowest BCUT2D eigenvalue weighted by molar-refractivity contribution is 0.161. The Morgan fingerprint density at radius 2 is 1.65 bits per heavy atom. The average Bonchev–Trinajstić information content (AvgIpc) is 2.91. The van der Waals surface area contributed by atoms with Crippen LogP contribution < -0.4 is 0 Å². The molecule has 20 heavy (non-hydrogen) atoms. The minimum Gasteiger partial charge on any atom is -0.463 e. The molecule has 2 nitrogen and oxygen atoms in total. The molecule has 0 aliphatic carbocycles. The average molecular weight is 280 g/mol. The van der Waals surface area contributed by atoms with Crippen molar-refractivity contribution in [1.29, 1.82) is 0 Å². The summed E-state index contributed by atoms with van der Waals surface area (Å²) in [7, 11) is 1.71. The first kappa shape index (κ1) is 17.3. The van der Waals surface area contributed by atoms with Gasteiger partial charge in [0.1, 0.15) is 18.1 Å². The molecule has 0 amide bonds. The maximum Gasteiger partial charge on any atom is 0.129 e. The zero-order valence-electron chi connectivity index (χ0n) is 13.6. The van der Waals surface area contributed by atoms with Gasteiger partial charge >= 0.3 is 0 Å². The number of unbranched alkanes of at least 4 members (excludes halogenated alkanes) is 5. The SMILES string of the molecule is CCCCCCCC(CCCC)c1ccc(COC)o1. The summed E-state index contributed by atoms with van der Waals surface area (Å²) in [5, 5.41) is 0. The van der Waals surface area contributed by atoms with Gasteiger partial charge in [0.2, 0.25) is 0 Å². The van der Waals surface area contributed by atoms with Crippen LogP contribution in [0.5, 0.6) is 0 Å². The molecule has 1 heterocycles. The normalized spacial score (nSPS) is 12.8. The fourth-order valence-electron chi connectivity index (χ4n) is 2.71. The Labute approximate surface area is 124 Å². The summed E-state index contributed by atoms with van der Waals surface area (Å²) in [5.41, 5.74) is 0. The Hall–Kier alpha value is -0.760. The van der Waals surface area contributed by atoms with Crippen LogP contribution in [0.4, 0.5) is 0 Å². The van der Waals surface area contributed by atoms with Crippen molar-refractivity contribution in [2.75, 3.05) is 7.11 Å². The molecule has 1 atom stereocenters. The quantitative estimate of drug-likeness (QED) is 0.434. The first-order chi connectivity index (χ1) is 9.81. The van der Waals surface area contributed by atoms with Gasteiger partial charge in [-0.05, 0) is 25.0 Å². The Bertz CT molecular complexity index is 330. The van der Waals surface area contributed by atoms with Gasteiger partial charge in [0.05, 0.1) is 0 Å². The van der Waals surface area contributed by atoms with E-state index in [1.807, 2.05) is 0 Å². The van der Waals surface area contributed by atoms with Crippen molar-refractivity contribution in [2.24, 2.45) is 0 Å². The molecule has 1 rings (SSSR count). The Kier molecular flexibility index (Phi) is 9.48. The van der Waals surface area contributed by atoms with E-state index in [9.17, 15) is 0 Å². The molecule has 0 aromatic carbocycles. The third-order valence-corrected chi connectivity index (χ3v) is 3.93. The van der Waals surface area contributed by atoms with E-state index in [0.29, 0.717) is 12.5 Å². The van der Waals surface area contributed by atoms with Gasteiger partial charge in [0.25, 0.3) is 0 Å². The van der Waals surface area contributed by atoms with Crippen LogP contribution in [0.25, 0.3) is 0 Å². The van der Waals surface area contributed by atoms with Gasteiger partial charge < -0.3 is 9.15 Å². The number of ether oxygens (including phenoxy) is 1. The summed E-state index contributed by atoms with van der Waals surface area (Å²) in [4.78, 5) is 0. The fourth-order valence-corrected chi connectivity index (χ4v) is 2.71. The Balaban J connectivity index is 2.44. The highest BCUT2D eigenvalue weighted by atomic mass is 16.5. The molecule has 1 aromatic rings. The van der Waals surface area contributed by atoms with Crippen molar-refractivity contribution in [3.8, 4) is 0 Å². The molecule has 0 radical (unpaired) electrons. The van der Waals surface area contributed by atoms with Crippen molar-refractivity contribution >= 4 is 0 Å². The van der Waals surface area contributed by atoms with Crippen LogP contribution in [0, 0.1) is 0 Å². The van der Waals surface area contributed by atoms with Crippen molar-refractivity contribution in [3.63, 3.8) is 0 Å². The van der Waals surface area contributed by atoms with Crippen molar-refractivity contribution in [1.82, 2.24) is 0 Å². The van der Waals surface area contributed by atoms with E-state index in [1.165, 1.54) is 63.5 Å². The lowest BCUT2D eigenvalue weighted by atomic mass is 9.93. The molecule has 1 unspecified atom stereocenters. The summed E-state index contributed by atoms with van der Waals surface area (Å²) in [6.45, 7) is 5.11. The van der Waals surface area contributed by atoms with E-state index in [2.05, 4.69) is 26.0 Å². The summed E-state index contributed by atoms with van der Waals surface area (Å²) in [6, 6.07) is 4.22. The van der Waals surface area contributed by atoms with Gasteiger partial charge in [-0.2, -0.15) is 0 Å². The van der Waals surface area contributed by atoms with Crippen molar-refractivity contribution in [3.05, 3.63) is 23.7 Å². The van der Waals surface area contributed by atoms with Gasteiger partial charge in [-0.15, -0.1) is 0 Å². The predicted molar refractivity (Wildman–Crippen MR) is 85.1 cm³/mol. The molecular formula is C18H32O2. The molecular weight excluding hydrogens is 248 g/mol. The molecule has 0 fully saturated rings. The molecule has 0 N–H and O–H groups in total. The summed E-state index contributed by atoms with van der Waals surface area (Å²) in [6.07, 6.45) is 11.8. The molecule has 0 aliphatic rings. The number of furan rings is 1. The predicted octanol–water partition coefficient (Wildman–Crippen LogP) is 6.06. The lowest BCUT2D eigenvalue weighted by Gasteiger charge is -2.14. The topological polar surface area (TPSA) is 22.4 Å². The standard InChI is InChI=1S/C18H32O2/c1-4-6-8-9-10-12-16(11-7-5-2)18-14-13-17(20-18)15-19-3/h13-14,16H,4-12,15H2,1-3H3. The maximum absolute atomic E-state index is 5.94. The van der Waals surface area contributed by atoms with Crippen LogP contribution in [0.15, 0.2) is 16.5 Å². The van der Waals surface area contributed by atoms with E-state index in [1.54, 1.807) is 7.11 Å².